The van der Waals surface area contributed by atoms with Crippen molar-refractivity contribution in [1.82, 2.24) is 0 Å². The van der Waals surface area contributed by atoms with Gasteiger partial charge in [-0.15, -0.1) is 0 Å². The number of hydrogen-bond donors (Lipinski definition) is 1. The van der Waals surface area contributed by atoms with Gasteiger partial charge in [0.05, 0.1) is 12.7 Å². The van der Waals surface area contributed by atoms with E-state index in [2.05, 4.69) is 23.1 Å². The van der Waals surface area contributed by atoms with E-state index in [1.54, 1.807) is 12.1 Å². The smallest absolute Gasteiger partial charge is 0.168 e. The zero-order valence-corrected chi connectivity index (χ0v) is 13.7. The average Bonchev–Trinajstić information content (AvgIpc) is 3.15. The Kier molecular flexibility index (Phi) is 4.85. The molecular formula is C20H21NO3. The molecule has 4 nitrogen and oxygen atoms in total. The van der Waals surface area contributed by atoms with Crippen LogP contribution in [0.3, 0.4) is 0 Å². The molecule has 2 aromatic rings. The summed E-state index contributed by atoms with van der Waals surface area (Å²) in [6, 6.07) is 11.8. The number of benzene rings is 2. The monoisotopic (exact) mass is 323 g/mol. The highest BCUT2D eigenvalue weighted by molar-refractivity contribution is 5.84. The summed E-state index contributed by atoms with van der Waals surface area (Å²) in [6.07, 6.45) is 7.05. The lowest BCUT2D eigenvalue weighted by Crippen LogP contribution is -2.17. The zero-order valence-electron chi connectivity index (χ0n) is 13.7. The minimum absolute atomic E-state index is 0.124. The fraction of sp³-hybridized carbons (Fsp3) is 0.250. The van der Waals surface area contributed by atoms with Crippen molar-refractivity contribution in [3.05, 3.63) is 53.1 Å². The van der Waals surface area contributed by atoms with E-state index in [0.29, 0.717) is 12.0 Å². The number of rotatable bonds is 5. The molecule has 0 spiro atoms. The molecule has 1 heterocycles. The molecule has 0 atom stereocenters. The molecule has 0 saturated carbocycles. The standard InChI is InChI=1S/C20H21NO3/c1-24-19-13-16(11-17(14-22)20(19)23)8-7-15-5-4-6-18(12-15)21-9-2-3-10-21/h4-8,11-14,23H,2-3,9-10H2,1H3. The largest absolute Gasteiger partial charge is 0.504 e. The topological polar surface area (TPSA) is 49.8 Å². The van der Waals surface area contributed by atoms with Crippen LogP contribution in [-0.4, -0.2) is 31.6 Å². The molecule has 0 aliphatic carbocycles. The number of hydrogen-bond acceptors (Lipinski definition) is 4. The molecule has 1 aliphatic heterocycles. The third-order valence-corrected chi connectivity index (χ3v) is 4.28. The van der Waals surface area contributed by atoms with E-state index >= 15 is 0 Å². The Morgan fingerprint density at radius 3 is 2.54 bits per heavy atom. The molecule has 3 rings (SSSR count). The summed E-state index contributed by atoms with van der Waals surface area (Å²) in [7, 11) is 1.47. The summed E-state index contributed by atoms with van der Waals surface area (Å²) >= 11 is 0. The summed E-state index contributed by atoms with van der Waals surface area (Å²) < 4.78 is 5.12. The lowest BCUT2D eigenvalue weighted by atomic mass is 10.1. The molecule has 1 fully saturated rings. The van der Waals surface area contributed by atoms with Gasteiger partial charge in [0.15, 0.2) is 17.8 Å². The molecule has 4 heteroatoms. The second-order valence-corrected chi connectivity index (χ2v) is 5.90. The summed E-state index contributed by atoms with van der Waals surface area (Å²) in [6.45, 7) is 2.23. The van der Waals surface area contributed by atoms with Gasteiger partial charge in [0, 0.05) is 18.8 Å². The minimum Gasteiger partial charge on any atom is -0.504 e. The predicted molar refractivity (Wildman–Crippen MR) is 96.9 cm³/mol. The number of aldehydes is 1. The van der Waals surface area contributed by atoms with Gasteiger partial charge in [0.25, 0.3) is 0 Å². The lowest BCUT2D eigenvalue weighted by molar-refractivity contribution is 0.112. The number of methoxy groups -OCH3 is 1. The van der Waals surface area contributed by atoms with Gasteiger partial charge in [0.2, 0.25) is 0 Å². The van der Waals surface area contributed by atoms with Gasteiger partial charge in [0.1, 0.15) is 0 Å². The third kappa shape index (κ3) is 3.43. The van der Waals surface area contributed by atoms with E-state index in [4.69, 9.17) is 4.74 Å². The summed E-state index contributed by atoms with van der Waals surface area (Å²) in [5.41, 5.74) is 3.36. The van der Waals surface area contributed by atoms with Crippen molar-refractivity contribution in [3.63, 3.8) is 0 Å². The van der Waals surface area contributed by atoms with Crippen molar-refractivity contribution < 1.29 is 14.6 Å². The van der Waals surface area contributed by atoms with Crippen LogP contribution in [0.15, 0.2) is 36.4 Å². The Hall–Kier alpha value is -2.75. The number of phenols is 1. The number of carbonyl (C=O) groups is 1. The highest BCUT2D eigenvalue weighted by Crippen LogP contribution is 2.31. The Morgan fingerprint density at radius 1 is 1.08 bits per heavy atom. The number of anilines is 1. The second-order valence-electron chi connectivity index (χ2n) is 5.90. The third-order valence-electron chi connectivity index (χ3n) is 4.28. The second kappa shape index (κ2) is 7.21. The van der Waals surface area contributed by atoms with E-state index in [9.17, 15) is 9.90 Å². The molecule has 124 valence electrons. The molecule has 1 saturated heterocycles. The van der Waals surface area contributed by atoms with E-state index in [-0.39, 0.29) is 11.3 Å². The quantitative estimate of drug-likeness (QED) is 0.668. The van der Waals surface area contributed by atoms with Gasteiger partial charge in [-0.2, -0.15) is 0 Å². The first-order chi connectivity index (χ1) is 11.7. The van der Waals surface area contributed by atoms with E-state index in [1.165, 1.54) is 25.6 Å². The van der Waals surface area contributed by atoms with Crippen molar-refractivity contribution in [3.8, 4) is 11.5 Å². The SMILES string of the molecule is COc1cc(C=Cc2cccc(N3CCCC3)c2)cc(C=O)c1O. The summed E-state index contributed by atoms with van der Waals surface area (Å²) in [4.78, 5) is 13.5. The first kappa shape index (κ1) is 16.1. The Balaban J connectivity index is 1.85. The van der Waals surface area contributed by atoms with Crippen LogP contribution in [0.5, 0.6) is 11.5 Å². The fourth-order valence-corrected chi connectivity index (χ4v) is 2.99. The van der Waals surface area contributed by atoms with Gasteiger partial charge in [-0.1, -0.05) is 24.3 Å². The Bertz CT molecular complexity index is 761. The van der Waals surface area contributed by atoms with E-state index in [0.717, 1.165) is 24.2 Å². The predicted octanol–water partition coefficient (Wildman–Crippen LogP) is 3.98. The number of phenolic OH excluding ortho intramolecular Hbond substituents is 1. The maximum atomic E-state index is 11.1. The van der Waals surface area contributed by atoms with E-state index < -0.39 is 0 Å². The molecule has 0 unspecified atom stereocenters. The highest BCUT2D eigenvalue weighted by Gasteiger charge is 2.12. The molecule has 1 N–H and O–H groups in total. The number of aromatic hydroxyl groups is 1. The molecule has 0 amide bonds. The van der Waals surface area contributed by atoms with Gasteiger partial charge >= 0.3 is 0 Å². The minimum atomic E-state index is -0.124. The molecule has 0 aromatic heterocycles. The number of carbonyl (C=O) groups excluding carboxylic acids is 1. The van der Waals surface area contributed by atoms with Crippen LogP contribution >= 0.6 is 0 Å². The van der Waals surface area contributed by atoms with Crippen LogP contribution in [0.4, 0.5) is 5.69 Å². The van der Waals surface area contributed by atoms with Crippen molar-refractivity contribution >= 4 is 24.1 Å². The van der Waals surface area contributed by atoms with Gasteiger partial charge in [-0.25, -0.2) is 0 Å². The molecule has 1 aliphatic rings. The highest BCUT2D eigenvalue weighted by atomic mass is 16.5. The molecular weight excluding hydrogens is 302 g/mol. The van der Waals surface area contributed by atoms with Crippen LogP contribution in [0.2, 0.25) is 0 Å². The van der Waals surface area contributed by atoms with Gasteiger partial charge in [-0.05, 0) is 48.2 Å². The van der Waals surface area contributed by atoms with Crippen LogP contribution in [-0.2, 0) is 0 Å². The zero-order chi connectivity index (χ0) is 16.9. The number of nitrogens with zero attached hydrogens (tertiary/aromatic N) is 1. The lowest BCUT2D eigenvalue weighted by Gasteiger charge is -2.17. The maximum absolute atomic E-state index is 11.1. The van der Waals surface area contributed by atoms with Crippen LogP contribution in [0.1, 0.15) is 34.3 Å². The number of ether oxygens (including phenoxy) is 1. The molecule has 2 aromatic carbocycles. The van der Waals surface area contributed by atoms with Gasteiger partial charge < -0.3 is 14.7 Å². The van der Waals surface area contributed by atoms with Crippen LogP contribution in [0.25, 0.3) is 12.2 Å². The Morgan fingerprint density at radius 2 is 1.83 bits per heavy atom. The van der Waals surface area contributed by atoms with E-state index in [1.807, 2.05) is 18.2 Å². The van der Waals surface area contributed by atoms with Crippen molar-refractivity contribution in [2.24, 2.45) is 0 Å². The maximum Gasteiger partial charge on any atom is 0.168 e. The first-order valence-corrected chi connectivity index (χ1v) is 8.10. The Labute approximate surface area is 142 Å². The summed E-state index contributed by atoms with van der Waals surface area (Å²) in [5, 5.41) is 9.87. The van der Waals surface area contributed by atoms with Gasteiger partial charge in [-0.3, -0.25) is 4.79 Å². The van der Waals surface area contributed by atoms with Crippen LogP contribution < -0.4 is 9.64 Å². The molecule has 0 bridgehead atoms. The van der Waals surface area contributed by atoms with Crippen molar-refractivity contribution in [2.45, 2.75) is 12.8 Å². The average molecular weight is 323 g/mol. The van der Waals surface area contributed by atoms with Crippen LogP contribution in [0, 0.1) is 0 Å². The van der Waals surface area contributed by atoms with Crippen molar-refractivity contribution in [1.29, 1.82) is 0 Å². The normalized spacial score (nSPS) is 14.3. The first-order valence-electron chi connectivity index (χ1n) is 8.10. The fourth-order valence-electron chi connectivity index (χ4n) is 2.99. The molecule has 24 heavy (non-hydrogen) atoms. The summed E-state index contributed by atoms with van der Waals surface area (Å²) in [5.74, 6) is 0.172. The van der Waals surface area contributed by atoms with Crippen molar-refractivity contribution in [2.75, 3.05) is 25.1 Å². The molecule has 0 radical (unpaired) electrons.